The lowest BCUT2D eigenvalue weighted by Gasteiger charge is -2.24. The summed E-state index contributed by atoms with van der Waals surface area (Å²) in [6, 6.07) is 19.4. The first-order valence-electron chi connectivity index (χ1n) is 9.29. The van der Waals surface area contributed by atoms with Gasteiger partial charge in [-0.2, -0.15) is 4.98 Å². The molecule has 1 aromatic heterocycles. The standard InChI is InChI=1S/C23H15ClF2N4/c24-17-7-1-16(2-8-17)22-28-23-27-20(14-3-9-18(25)10-4-14)13-21(30(23)29-22)15-5-11-19(26)12-6-15/h1-13,21H,(H,27,28,29)/t21-/m1/s1. The summed E-state index contributed by atoms with van der Waals surface area (Å²) >= 11 is 5.99. The molecule has 0 saturated heterocycles. The summed E-state index contributed by atoms with van der Waals surface area (Å²) in [6.45, 7) is 0. The van der Waals surface area contributed by atoms with E-state index in [1.165, 1.54) is 24.3 Å². The van der Waals surface area contributed by atoms with Gasteiger partial charge in [-0.05, 0) is 77.9 Å². The van der Waals surface area contributed by atoms with E-state index in [1.54, 1.807) is 41.1 Å². The van der Waals surface area contributed by atoms with Gasteiger partial charge in [-0.25, -0.2) is 13.5 Å². The van der Waals surface area contributed by atoms with Crippen LogP contribution in [0.5, 0.6) is 0 Å². The van der Waals surface area contributed by atoms with Crippen LogP contribution in [-0.2, 0) is 0 Å². The Hall–Kier alpha value is -3.51. The molecule has 0 aliphatic carbocycles. The average Bonchev–Trinajstić information content (AvgIpc) is 3.19. The zero-order valence-corrected chi connectivity index (χ0v) is 16.3. The Balaban J connectivity index is 1.61. The molecule has 1 aliphatic heterocycles. The Labute approximate surface area is 176 Å². The summed E-state index contributed by atoms with van der Waals surface area (Å²) in [4.78, 5) is 4.65. The Kier molecular flexibility index (Phi) is 4.56. The molecule has 7 heteroatoms. The van der Waals surface area contributed by atoms with Gasteiger partial charge in [-0.15, -0.1) is 5.10 Å². The molecule has 1 aliphatic rings. The van der Waals surface area contributed by atoms with Crippen LogP contribution in [0, 0.1) is 11.6 Å². The van der Waals surface area contributed by atoms with E-state index in [2.05, 4.69) is 15.4 Å². The average molecular weight is 421 g/mol. The van der Waals surface area contributed by atoms with Crippen LogP contribution in [0.15, 0.2) is 78.9 Å². The van der Waals surface area contributed by atoms with Gasteiger partial charge in [0.25, 0.3) is 0 Å². The van der Waals surface area contributed by atoms with E-state index in [0.717, 1.165) is 22.4 Å². The molecule has 1 atom stereocenters. The minimum atomic E-state index is -0.310. The van der Waals surface area contributed by atoms with Gasteiger partial charge in [0.1, 0.15) is 17.7 Å². The Morgan fingerprint density at radius 2 is 1.40 bits per heavy atom. The molecular weight excluding hydrogens is 406 g/mol. The third-order valence-electron chi connectivity index (χ3n) is 4.93. The number of anilines is 1. The maximum atomic E-state index is 13.5. The Morgan fingerprint density at radius 1 is 0.800 bits per heavy atom. The maximum Gasteiger partial charge on any atom is 0.227 e. The largest absolute Gasteiger partial charge is 0.324 e. The smallest absolute Gasteiger partial charge is 0.227 e. The molecule has 0 saturated carbocycles. The first kappa shape index (κ1) is 18.5. The second-order valence-corrected chi connectivity index (χ2v) is 7.36. The zero-order chi connectivity index (χ0) is 20.7. The minimum absolute atomic E-state index is 0.307. The van der Waals surface area contributed by atoms with Crippen molar-refractivity contribution in [3.8, 4) is 11.4 Å². The lowest BCUT2D eigenvalue weighted by atomic mass is 10.0. The molecule has 0 radical (unpaired) electrons. The highest BCUT2D eigenvalue weighted by molar-refractivity contribution is 6.30. The quantitative estimate of drug-likeness (QED) is 0.446. The first-order chi connectivity index (χ1) is 14.6. The summed E-state index contributed by atoms with van der Waals surface area (Å²) in [5.41, 5.74) is 3.26. The van der Waals surface area contributed by atoms with Crippen LogP contribution in [-0.4, -0.2) is 14.8 Å². The summed E-state index contributed by atoms with van der Waals surface area (Å²) < 4.78 is 28.6. The predicted molar refractivity (Wildman–Crippen MR) is 113 cm³/mol. The summed E-state index contributed by atoms with van der Waals surface area (Å²) in [5.74, 6) is 0.459. The van der Waals surface area contributed by atoms with Gasteiger partial charge in [0, 0.05) is 16.3 Å². The molecule has 4 aromatic rings. The normalized spacial score (nSPS) is 15.3. The lowest BCUT2D eigenvalue weighted by Crippen LogP contribution is -2.20. The predicted octanol–water partition coefficient (Wildman–Crippen LogP) is 5.93. The SMILES string of the molecule is Fc1ccc(C2=C[C@H](c3ccc(F)cc3)n3nc(-c4ccc(Cl)cc4)nc3N2)cc1. The van der Waals surface area contributed by atoms with E-state index in [0.29, 0.717) is 16.8 Å². The van der Waals surface area contributed by atoms with Crippen molar-refractivity contribution >= 4 is 23.2 Å². The van der Waals surface area contributed by atoms with E-state index < -0.39 is 0 Å². The van der Waals surface area contributed by atoms with Crippen LogP contribution in [0.1, 0.15) is 17.2 Å². The number of hydrogen-bond donors (Lipinski definition) is 1. The number of hydrogen-bond acceptors (Lipinski definition) is 3. The Bertz CT molecular complexity index is 1230. The third-order valence-corrected chi connectivity index (χ3v) is 5.19. The highest BCUT2D eigenvalue weighted by atomic mass is 35.5. The van der Waals surface area contributed by atoms with Crippen LogP contribution in [0.2, 0.25) is 5.02 Å². The molecule has 0 bridgehead atoms. The van der Waals surface area contributed by atoms with Crippen molar-refractivity contribution in [1.82, 2.24) is 14.8 Å². The number of benzene rings is 3. The van der Waals surface area contributed by atoms with Crippen LogP contribution >= 0.6 is 11.6 Å². The fraction of sp³-hybridized carbons (Fsp3) is 0.0435. The molecule has 0 amide bonds. The van der Waals surface area contributed by atoms with E-state index >= 15 is 0 Å². The van der Waals surface area contributed by atoms with Crippen molar-refractivity contribution < 1.29 is 8.78 Å². The molecule has 1 N–H and O–H groups in total. The second-order valence-electron chi connectivity index (χ2n) is 6.92. The molecule has 0 unspecified atom stereocenters. The maximum absolute atomic E-state index is 13.5. The van der Waals surface area contributed by atoms with E-state index in [1.807, 2.05) is 18.2 Å². The van der Waals surface area contributed by atoms with Gasteiger partial charge in [0.15, 0.2) is 5.82 Å². The van der Waals surface area contributed by atoms with Gasteiger partial charge in [0.2, 0.25) is 5.95 Å². The third kappa shape index (κ3) is 3.46. The highest BCUT2D eigenvalue weighted by Crippen LogP contribution is 2.34. The number of nitrogens with zero attached hydrogens (tertiary/aromatic N) is 3. The van der Waals surface area contributed by atoms with Crippen molar-refractivity contribution in [3.05, 3.63) is 107 Å². The van der Waals surface area contributed by atoms with E-state index in [-0.39, 0.29) is 17.7 Å². The topological polar surface area (TPSA) is 42.7 Å². The molecular formula is C23H15ClF2N4. The monoisotopic (exact) mass is 420 g/mol. The van der Waals surface area contributed by atoms with Gasteiger partial charge < -0.3 is 5.32 Å². The van der Waals surface area contributed by atoms with Crippen LogP contribution < -0.4 is 5.32 Å². The van der Waals surface area contributed by atoms with Gasteiger partial charge in [-0.1, -0.05) is 23.7 Å². The van der Waals surface area contributed by atoms with Gasteiger partial charge in [-0.3, -0.25) is 0 Å². The molecule has 5 rings (SSSR count). The molecule has 148 valence electrons. The lowest BCUT2D eigenvalue weighted by molar-refractivity contribution is 0.604. The van der Waals surface area contributed by atoms with Crippen molar-refractivity contribution in [2.45, 2.75) is 6.04 Å². The number of allylic oxidation sites excluding steroid dienone is 1. The van der Waals surface area contributed by atoms with Crippen molar-refractivity contribution in [2.24, 2.45) is 0 Å². The molecule has 2 heterocycles. The zero-order valence-electron chi connectivity index (χ0n) is 15.6. The summed E-state index contributed by atoms with van der Waals surface area (Å²) in [5, 5.41) is 8.58. The van der Waals surface area contributed by atoms with Crippen molar-refractivity contribution in [2.75, 3.05) is 5.32 Å². The van der Waals surface area contributed by atoms with Crippen LogP contribution in [0.3, 0.4) is 0 Å². The first-order valence-corrected chi connectivity index (χ1v) is 9.67. The molecule has 4 nitrogen and oxygen atoms in total. The van der Waals surface area contributed by atoms with Gasteiger partial charge >= 0.3 is 0 Å². The number of aromatic nitrogens is 3. The highest BCUT2D eigenvalue weighted by Gasteiger charge is 2.25. The fourth-order valence-electron chi connectivity index (χ4n) is 3.41. The van der Waals surface area contributed by atoms with Crippen molar-refractivity contribution in [3.63, 3.8) is 0 Å². The van der Waals surface area contributed by atoms with Crippen LogP contribution in [0.25, 0.3) is 17.1 Å². The molecule has 0 fully saturated rings. The van der Waals surface area contributed by atoms with Crippen molar-refractivity contribution in [1.29, 1.82) is 0 Å². The molecule has 0 spiro atoms. The number of halogens is 3. The Morgan fingerprint density at radius 3 is 2.07 bits per heavy atom. The molecule has 3 aromatic carbocycles. The van der Waals surface area contributed by atoms with E-state index in [9.17, 15) is 8.78 Å². The molecule has 30 heavy (non-hydrogen) atoms. The minimum Gasteiger partial charge on any atom is -0.324 e. The van der Waals surface area contributed by atoms with Gasteiger partial charge in [0.05, 0.1) is 0 Å². The fourth-order valence-corrected chi connectivity index (χ4v) is 3.54. The number of nitrogens with one attached hydrogen (secondary N) is 1. The van der Waals surface area contributed by atoms with E-state index in [4.69, 9.17) is 11.6 Å². The number of rotatable bonds is 3. The summed E-state index contributed by atoms with van der Waals surface area (Å²) in [6.07, 6.45) is 1.97. The number of fused-ring (bicyclic) bond motifs is 1. The van der Waals surface area contributed by atoms with Crippen LogP contribution in [0.4, 0.5) is 14.7 Å². The second kappa shape index (κ2) is 7.39. The summed E-state index contributed by atoms with van der Waals surface area (Å²) in [7, 11) is 0.